The van der Waals surface area contributed by atoms with Crippen LogP contribution in [0.4, 0.5) is 5.69 Å². The lowest BCUT2D eigenvalue weighted by Gasteiger charge is -2.29. The highest BCUT2D eigenvalue weighted by Crippen LogP contribution is 2.24. The fraction of sp³-hybridized carbons (Fsp3) is 0.533. The molecule has 0 bridgehead atoms. The third-order valence-corrected chi connectivity index (χ3v) is 3.96. The summed E-state index contributed by atoms with van der Waals surface area (Å²) in [4.78, 5) is 12.2. The number of anilines is 1. The molecule has 3 heteroatoms. The van der Waals surface area contributed by atoms with E-state index in [1.54, 1.807) is 12.1 Å². The highest BCUT2D eigenvalue weighted by Gasteiger charge is 2.23. The molecular formula is C15H22N2O. The van der Waals surface area contributed by atoms with E-state index in [-0.39, 0.29) is 5.91 Å². The molecule has 2 atom stereocenters. The summed E-state index contributed by atoms with van der Waals surface area (Å²) >= 11 is 0. The molecule has 1 aromatic rings. The first-order valence-electron chi connectivity index (χ1n) is 6.75. The second-order valence-corrected chi connectivity index (χ2v) is 5.41. The summed E-state index contributed by atoms with van der Waals surface area (Å²) in [6.07, 6.45) is 4.82. The summed E-state index contributed by atoms with van der Waals surface area (Å²) < 4.78 is 0. The fourth-order valence-corrected chi connectivity index (χ4v) is 2.60. The number of carbonyl (C=O) groups is 1. The third-order valence-electron chi connectivity index (χ3n) is 3.96. The van der Waals surface area contributed by atoms with Crippen LogP contribution in [0, 0.1) is 12.8 Å². The van der Waals surface area contributed by atoms with Crippen molar-refractivity contribution in [1.82, 2.24) is 5.32 Å². The largest absolute Gasteiger partial charge is 0.399 e. The van der Waals surface area contributed by atoms with Crippen LogP contribution < -0.4 is 11.1 Å². The van der Waals surface area contributed by atoms with E-state index in [1.807, 2.05) is 13.0 Å². The average Bonchev–Trinajstić information content (AvgIpc) is 2.35. The molecule has 18 heavy (non-hydrogen) atoms. The van der Waals surface area contributed by atoms with Crippen molar-refractivity contribution in [2.24, 2.45) is 5.92 Å². The number of nitrogens with one attached hydrogen (secondary N) is 1. The van der Waals surface area contributed by atoms with E-state index >= 15 is 0 Å². The van der Waals surface area contributed by atoms with Crippen LogP contribution in [-0.2, 0) is 0 Å². The van der Waals surface area contributed by atoms with Gasteiger partial charge in [0.25, 0.3) is 5.91 Å². The van der Waals surface area contributed by atoms with Crippen molar-refractivity contribution in [1.29, 1.82) is 0 Å². The van der Waals surface area contributed by atoms with Gasteiger partial charge in [-0.25, -0.2) is 0 Å². The van der Waals surface area contributed by atoms with Crippen molar-refractivity contribution in [2.75, 3.05) is 5.73 Å². The first kappa shape index (κ1) is 12.9. The fourth-order valence-electron chi connectivity index (χ4n) is 2.60. The third kappa shape index (κ3) is 2.84. The lowest BCUT2D eigenvalue weighted by atomic mass is 9.86. The molecule has 0 radical (unpaired) electrons. The molecule has 0 heterocycles. The molecule has 1 aliphatic carbocycles. The number of amides is 1. The minimum absolute atomic E-state index is 0.0249. The van der Waals surface area contributed by atoms with Crippen LogP contribution in [0.2, 0.25) is 0 Å². The number of benzene rings is 1. The number of nitrogens with two attached hydrogens (primary N) is 1. The Bertz CT molecular complexity index is 442. The van der Waals surface area contributed by atoms with Crippen molar-refractivity contribution in [3.63, 3.8) is 0 Å². The summed E-state index contributed by atoms with van der Waals surface area (Å²) in [6.45, 7) is 4.15. The number of aryl methyl sites for hydroxylation is 1. The second-order valence-electron chi connectivity index (χ2n) is 5.41. The number of carbonyl (C=O) groups excluding carboxylic acids is 1. The summed E-state index contributed by atoms with van der Waals surface area (Å²) in [5, 5.41) is 3.15. The lowest BCUT2D eigenvalue weighted by Crippen LogP contribution is -2.41. The topological polar surface area (TPSA) is 55.1 Å². The van der Waals surface area contributed by atoms with Gasteiger partial charge in [-0.15, -0.1) is 0 Å². The van der Waals surface area contributed by atoms with E-state index in [9.17, 15) is 4.79 Å². The maximum absolute atomic E-state index is 12.2. The molecule has 1 amide bonds. The zero-order valence-corrected chi connectivity index (χ0v) is 11.2. The van der Waals surface area contributed by atoms with E-state index in [0.717, 1.165) is 17.7 Å². The van der Waals surface area contributed by atoms with Crippen LogP contribution in [0.15, 0.2) is 18.2 Å². The Kier molecular flexibility index (Phi) is 3.90. The lowest BCUT2D eigenvalue weighted by molar-refractivity contribution is 0.0910. The molecule has 98 valence electrons. The first-order chi connectivity index (χ1) is 8.58. The molecule has 1 saturated carbocycles. The van der Waals surface area contributed by atoms with Crippen LogP contribution in [0.3, 0.4) is 0 Å². The molecule has 1 aliphatic rings. The van der Waals surface area contributed by atoms with Gasteiger partial charge in [-0.3, -0.25) is 4.79 Å². The minimum atomic E-state index is 0.0249. The van der Waals surface area contributed by atoms with Gasteiger partial charge in [-0.1, -0.05) is 19.8 Å². The Labute approximate surface area is 109 Å². The Morgan fingerprint density at radius 1 is 1.33 bits per heavy atom. The van der Waals surface area contributed by atoms with Crippen LogP contribution in [0.25, 0.3) is 0 Å². The summed E-state index contributed by atoms with van der Waals surface area (Å²) in [5.41, 5.74) is 8.16. The monoisotopic (exact) mass is 246 g/mol. The zero-order valence-electron chi connectivity index (χ0n) is 11.2. The van der Waals surface area contributed by atoms with Gasteiger partial charge < -0.3 is 11.1 Å². The number of hydrogen-bond donors (Lipinski definition) is 2. The highest BCUT2D eigenvalue weighted by atomic mass is 16.1. The van der Waals surface area contributed by atoms with Gasteiger partial charge in [-0.05, 0) is 49.4 Å². The molecule has 0 saturated heterocycles. The molecule has 2 rings (SSSR count). The van der Waals surface area contributed by atoms with Gasteiger partial charge in [-0.2, -0.15) is 0 Å². The molecule has 1 fully saturated rings. The van der Waals surface area contributed by atoms with Gasteiger partial charge in [0.2, 0.25) is 0 Å². The van der Waals surface area contributed by atoms with Gasteiger partial charge in [0.1, 0.15) is 0 Å². The summed E-state index contributed by atoms with van der Waals surface area (Å²) in [7, 11) is 0. The molecule has 0 aliphatic heterocycles. The molecule has 3 nitrogen and oxygen atoms in total. The van der Waals surface area contributed by atoms with Gasteiger partial charge in [0.15, 0.2) is 0 Å². The quantitative estimate of drug-likeness (QED) is 0.788. The SMILES string of the molecule is Cc1cc(C(=O)N[C@H]2CCCC[C@H]2C)ccc1N. The molecule has 0 unspecified atom stereocenters. The van der Waals surface area contributed by atoms with Gasteiger partial charge in [0.05, 0.1) is 0 Å². The first-order valence-corrected chi connectivity index (χ1v) is 6.75. The maximum atomic E-state index is 12.2. The molecule has 0 spiro atoms. The van der Waals surface area contributed by atoms with Gasteiger partial charge >= 0.3 is 0 Å². The van der Waals surface area contributed by atoms with Crippen molar-refractivity contribution < 1.29 is 4.79 Å². The normalized spacial score (nSPS) is 23.7. The standard InChI is InChI=1S/C15H22N2O/c1-10-5-3-4-6-14(10)17-15(18)12-7-8-13(16)11(2)9-12/h7-10,14H,3-6,16H2,1-2H3,(H,17,18)/t10-,14+/m1/s1. The number of rotatable bonds is 2. The van der Waals surface area contributed by atoms with E-state index in [2.05, 4.69) is 12.2 Å². The van der Waals surface area contributed by atoms with E-state index in [0.29, 0.717) is 17.5 Å². The molecule has 0 aromatic heterocycles. The van der Waals surface area contributed by atoms with E-state index < -0.39 is 0 Å². The van der Waals surface area contributed by atoms with Crippen molar-refractivity contribution in [3.05, 3.63) is 29.3 Å². The Morgan fingerprint density at radius 3 is 2.72 bits per heavy atom. The van der Waals surface area contributed by atoms with Crippen molar-refractivity contribution in [2.45, 2.75) is 45.6 Å². The van der Waals surface area contributed by atoms with Crippen LogP contribution in [-0.4, -0.2) is 11.9 Å². The Morgan fingerprint density at radius 2 is 2.06 bits per heavy atom. The molecule has 3 N–H and O–H groups in total. The maximum Gasteiger partial charge on any atom is 0.251 e. The summed E-state index contributed by atoms with van der Waals surface area (Å²) in [5.74, 6) is 0.606. The average molecular weight is 246 g/mol. The Hall–Kier alpha value is -1.51. The van der Waals surface area contributed by atoms with Gasteiger partial charge in [0, 0.05) is 17.3 Å². The number of hydrogen-bond acceptors (Lipinski definition) is 2. The van der Waals surface area contributed by atoms with Crippen molar-refractivity contribution in [3.8, 4) is 0 Å². The van der Waals surface area contributed by atoms with E-state index in [1.165, 1.54) is 19.3 Å². The zero-order chi connectivity index (χ0) is 13.1. The second kappa shape index (κ2) is 5.42. The van der Waals surface area contributed by atoms with Crippen LogP contribution >= 0.6 is 0 Å². The smallest absolute Gasteiger partial charge is 0.251 e. The van der Waals surface area contributed by atoms with Crippen molar-refractivity contribution >= 4 is 11.6 Å². The minimum Gasteiger partial charge on any atom is -0.399 e. The Balaban J connectivity index is 2.04. The molecular weight excluding hydrogens is 224 g/mol. The predicted octanol–water partition coefficient (Wildman–Crippen LogP) is 2.89. The summed E-state index contributed by atoms with van der Waals surface area (Å²) in [6, 6.07) is 5.78. The van der Waals surface area contributed by atoms with E-state index in [4.69, 9.17) is 5.73 Å². The molecule has 1 aromatic carbocycles. The predicted molar refractivity (Wildman–Crippen MR) is 74.5 cm³/mol. The van der Waals surface area contributed by atoms with Crippen LogP contribution in [0.1, 0.15) is 48.5 Å². The number of nitrogen functional groups attached to an aromatic ring is 1. The van der Waals surface area contributed by atoms with Crippen LogP contribution in [0.5, 0.6) is 0 Å². The highest BCUT2D eigenvalue weighted by molar-refractivity contribution is 5.95.